The summed E-state index contributed by atoms with van der Waals surface area (Å²) in [6.45, 7) is 1.56. The Balaban J connectivity index is 2.04. The fraction of sp³-hybridized carbons (Fsp3) is 0.176. The van der Waals surface area contributed by atoms with Crippen molar-refractivity contribution in [3.05, 3.63) is 64.2 Å². The lowest BCUT2D eigenvalue weighted by molar-refractivity contribution is 0.118. The molecule has 0 saturated carbocycles. The molecule has 0 bridgehead atoms. The second kappa shape index (κ2) is 9.00. The number of rotatable bonds is 6. The van der Waals surface area contributed by atoms with Crippen LogP contribution in [0.2, 0.25) is 5.02 Å². The number of hydrogen-bond acceptors (Lipinski definition) is 5. The first kappa shape index (κ1) is 19.5. The van der Waals surface area contributed by atoms with Crippen molar-refractivity contribution in [2.24, 2.45) is 5.16 Å². The van der Waals surface area contributed by atoms with Crippen molar-refractivity contribution in [1.82, 2.24) is 5.48 Å². The molecule has 2 aromatic carbocycles. The van der Waals surface area contributed by atoms with E-state index in [-0.39, 0.29) is 17.4 Å². The van der Waals surface area contributed by atoms with Crippen molar-refractivity contribution in [1.29, 1.82) is 0 Å². The Morgan fingerprint density at radius 3 is 2.54 bits per heavy atom. The number of nitrogens with one attached hydrogen (secondary N) is 1. The van der Waals surface area contributed by atoms with Crippen LogP contribution in [-0.2, 0) is 16.2 Å². The molecule has 0 saturated heterocycles. The number of oxime groups is 1. The minimum Gasteiger partial charge on any atom is -0.451 e. The van der Waals surface area contributed by atoms with Gasteiger partial charge >= 0.3 is 6.09 Å². The third-order valence-corrected chi connectivity index (χ3v) is 3.45. The van der Waals surface area contributed by atoms with Crippen LogP contribution in [0.4, 0.5) is 13.6 Å². The van der Waals surface area contributed by atoms with E-state index in [1.165, 1.54) is 13.2 Å². The first-order chi connectivity index (χ1) is 12.4. The van der Waals surface area contributed by atoms with E-state index in [1.807, 2.05) is 5.48 Å². The highest BCUT2D eigenvalue weighted by Gasteiger charge is 2.09. The van der Waals surface area contributed by atoms with Gasteiger partial charge in [0.05, 0.1) is 17.8 Å². The molecule has 1 amide bonds. The predicted molar refractivity (Wildman–Crippen MR) is 91.0 cm³/mol. The van der Waals surface area contributed by atoms with Gasteiger partial charge in [-0.2, -0.15) is 5.48 Å². The molecule has 26 heavy (non-hydrogen) atoms. The van der Waals surface area contributed by atoms with Crippen molar-refractivity contribution in [3.63, 3.8) is 0 Å². The van der Waals surface area contributed by atoms with Crippen LogP contribution in [0, 0.1) is 11.6 Å². The first-order valence-electron chi connectivity index (χ1n) is 7.31. The molecular weight excluding hydrogens is 370 g/mol. The molecule has 0 aliphatic carbocycles. The van der Waals surface area contributed by atoms with Crippen LogP contribution in [0.3, 0.4) is 0 Å². The molecular formula is C17H15ClF2N2O4. The Kier molecular flexibility index (Phi) is 6.74. The largest absolute Gasteiger partial charge is 0.451 e. The molecule has 0 spiro atoms. The molecule has 0 fully saturated rings. The number of carbonyl (C=O) groups is 1. The van der Waals surface area contributed by atoms with Crippen LogP contribution in [0.5, 0.6) is 5.75 Å². The van der Waals surface area contributed by atoms with Gasteiger partial charge in [0.2, 0.25) is 0 Å². The highest BCUT2D eigenvalue weighted by atomic mass is 35.5. The van der Waals surface area contributed by atoms with Gasteiger partial charge in [-0.25, -0.2) is 13.6 Å². The maximum atomic E-state index is 13.1. The topological polar surface area (TPSA) is 69.2 Å². The van der Waals surface area contributed by atoms with Gasteiger partial charge in [0.15, 0.2) is 5.75 Å². The fourth-order valence-corrected chi connectivity index (χ4v) is 2.05. The van der Waals surface area contributed by atoms with Gasteiger partial charge in [0, 0.05) is 11.6 Å². The molecule has 0 radical (unpaired) electrons. The maximum Gasteiger partial charge on any atom is 0.440 e. The van der Waals surface area contributed by atoms with Crippen LogP contribution in [-0.4, -0.2) is 18.9 Å². The van der Waals surface area contributed by atoms with Gasteiger partial charge in [0.25, 0.3) is 0 Å². The molecule has 0 unspecified atom stereocenters. The highest BCUT2D eigenvalue weighted by Crippen LogP contribution is 2.25. The number of ether oxygens (including phenoxy) is 1. The quantitative estimate of drug-likeness (QED) is 0.598. The molecule has 2 aromatic rings. The summed E-state index contributed by atoms with van der Waals surface area (Å²) in [7, 11) is 1.19. The number of methoxy groups -OCH3 is 1. The molecule has 2 rings (SSSR count). The van der Waals surface area contributed by atoms with E-state index < -0.39 is 17.7 Å². The normalized spacial score (nSPS) is 11.0. The van der Waals surface area contributed by atoms with Gasteiger partial charge in [-0.1, -0.05) is 22.8 Å². The van der Waals surface area contributed by atoms with Gasteiger partial charge in [-0.05, 0) is 36.8 Å². The molecule has 0 aliphatic rings. The monoisotopic (exact) mass is 384 g/mol. The molecule has 0 atom stereocenters. The Morgan fingerprint density at radius 1 is 1.19 bits per heavy atom. The molecule has 6 nitrogen and oxygen atoms in total. The summed E-state index contributed by atoms with van der Waals surface area (Å²) in [6, 6.07) is 7.82. The van der Waals surface area contributed by atoms with E-state index >= 15 is 0 Å². The second-order valence-corrected chi connectivity index (χ2v) is 5.48. The third kappa shape index (κ3) is 5.59. The number of hydrogen-bond donors (Lipinski definition) is 1. The lowest BCUT2D eigenvalue weighted by Crippen LogP contribution is -2.26. The van der Waals surface area contributed by atoms with Crippen LogP contribution in [0.15, 0.2) is 41.6 Å². The summed E-state index contributed by atoms with van der Waals surface area (Å²) in [5.74, 6) is -1.21. The van der Waals surface area contributed by atoms with Crippen molar-refractivity contribution in [3.8, 4) is 5.75 Å². The van der Waals surface area contributed by atoms with Crippen molar-refractivity contribution in [2.45, 2.75) is 13.5 Å². The molecule has 0 aliphatic heterocycles. The number of halogens is 3. The summed E-state index contributed by atoms with van der Waals surface area (Å²) in [5.41, 5.74) is 3.41. The summed E-state index contributed by atoms with van der Waals surface area (Å²) in [5, 5.41) is 4.15. The molecule has 138 valence electrons. The average Bonchev–Trinajstić information content (AvgIpc) is 2.59. The minimum absolute atomic E-state index is 0.104. The van der Waals surface area contributed by atoms with Gasteiger partial charge in [0.1, 0.15) is 18.2 Å². The predicted octanol–water partition coefficient (Wildman–Crippen LogP) is 4.21. The fourth-order valence-electron chi connectivity index (χ4n) is 1.90. The number of amides is 1. The Labute approximate surface area is 153 Å². The summed E-state index contributed by atoms with van der Waals surface area (Å²) in [4.78, 5) is 21.2. The van der Waals surface area contributed by atoms with Crippen molar-refractivity contribution >= 4 is 23.4 Å². The van der Waals surface area contributed by atoms with Crippen molar-refractivity contribution < 1.29 is 28.0 Å². The summed E-state index contributed by atoms with van der Waals surface area (Å²) in [6.07, 6.45) is -0.789. The van der Waals surface area contributed by atoms with E-state index in [0.29, 0.717) is 16.8 Å². The van der Waals surface area contributed by atoms with E-state index in [0.717, 1.165) is 18.2 Å². The smallest absolute Gasteiger partial charge is 0.440 e. The lowest BCUT2D eigenvalue weighted by Gasteiger charge is -2.09. The molecule has 9 heteroatoms. The third-order valence-electron chi connectivity index (χ3n) is 3.13. The minimum atomic E-state index is -0.789. The number of benzene rings is 2. The first-order valence-corrected chi connectivity index (χ1v) is 7.69. The standard InChI is InChI=1S/C17H15ClF2N2O4/c1-10(21-25-9-11-5-13(19)8-14(20)6-11)12-3-4-15(18)16(7-12)26-22-17(23)24-2/h3-8H,9H2,1-2H3,(H,22,23). The zero-order valence-corrected chi connectivity index (χ0v) is 14.6. The number of nitrogens with zero attached hydrogens (tertiary/aromatic N) is 1. The SMILES string of the molecule is COC(=O)NOc1cc(C(C)=NOCc2cc(F)cc(F)c2)ccc1Cl. The number of carbonyl (C=O) groups excluding carboxylic acids is 1. The lowest BCUT2D eigenvalue weighted by atomic mass is 10.1. The Bertz CT molecular complexity index is 810. The van der Waals surface area contributed by atoms with Gasteiger partial charge in [-0.3, -0.25) is 0 Å². The van der Waals surface area contributed by atoms with Crippen LogP contribution in [0.1, 0.15) is 18.1 Å². The summed E-state index contributed by atoms with van der Waals surface area (Å²) >= 11 is 5.98. The Morgan fingerprint density at radius 2 is 1.88 bits per heavy atom. The van der Waals surface area contributed by atoms with E-state index in [4.69, 9.17) is 21.3 Å². The average molecular weight is 385 g/mol. The zero-order chi connectivity index (χ0) is 19.1. The van der Waals surface area contributed by atoms with Crippen molar-refractivity contribution in [2.75, 3.05) is 7.11 Å². The zero-order valence-electron chi connectivity index (χ0n) is 13.9. The van der Waals surface area contributed by atoms with E-state index in [1.54, 1.807) is 19.1 Å². The Hall–Kier alpha value is -2.87. The second-order valence-electron chi connectivity index (χ2n) is 5.07. The van der Waals surface area contributed by atoms with Crippen LogP contribution >= 0.6 is 11.6 Å². The van der Waals surface area contributed by atoms with Gasteiger partial charge in [-0.15, -0.1) is 0 Å². The number of hydroxylamine groups is 1. The van der Waals surface area contributed by atoms with Crippen LogP contribution < -0.4 is 10.3 Å². The van der Waals surface area contributed by atoms with E-state index in [2.05, 4.69) is 9.89 Å². The molecule has 1 N–H and O–H groups in total. The van der Waals surface area contributed by atoms with E-state index in [9.17, 15) is 13.6 Å². The molecule has 0 aromatic heterocycles. The molecule has 0 heterocycles. The maximum absolute atomic E-state index is 13.1. The highest BCUT2D eigenvalue weighted by molar-refractivity contribution is 6.32. The van der Waals surface area contributed by atoms with Gasteiger partial charge < -0.3 is 14.4 Å². The van der Waals surface area contributed by atoms with Crippen LogP contribution in [0.25, 0.3) is 0 Å². The summed E-state index contributed by atoms with van der Waals surface area (Å²) < 4.78 is 30.6.